The van der Waals surface area contributed by atoms with E-state index < -0.39 is 34.7 Å². The van der Waals surface area contributed by atoms with Crippen LogP contribution in [0.15, 0.2) is 53.5 Å². The number of aryl methyl sites for hydroxylation is 1. The highest BCUT2D eigenvalue weighted by molar-refractivity contribution is 5.96. The molecule has 1 aliphatic rings. The minimum absolute atomic E-state index is 0.0124. The van der Waals surface area contributed by atoms with Gasteiger partial charge in [-0.15, -0.1) is 0 Å². The number of aliphatic hydroxyl groups is 1. The normalized spacial score (nSPS) is 14.7. The van der Waals surface area contributed by atoms with E-state index >= 15 is 0 Å². The van der Waals surface area contributed by atoms with Crippen molar-refractivity contribution in [2.45, 2.75) is 51.2 Å². The fourth-order valence-electron chi connectivity index (χ4n) is 4.46. The zero-order chi connectivity index (χ0) is 25.8. The van der Waals surface area contributed by atoms with Crippen molar-refractivity contribution in [3.8, 4) is 11.3 Å². The molecular formula is C27H26F2N4O3. The summed E-state index contributed by atoms with van der Waals surface area (Å²) in [5.74, 6) is -1.37. The summed E-state index contributed by atoms with van der Waals surface area (Å²) >= 11 is 0. The molecule has 2 aromatic heterocycles. The van der Waals surface area contributed by atoms with E-state index in [-0.39, 0.29) is 17.1 Å². The quantitative estimate of drug-likeness (QED) is 0.372. The summed E-state index contributed by atoms with van der Waals surface area (Å²) in [7, 11) is 0. The summed E-state index contributed by atoms with van der Waals surface area (Å²) in [6.07, 6.45) is 3.20. The van der Waals surface area contributed by atoms with Crippen LogP contribution in [0.3, 0.4) is 0 Å². The lowest BCUT2D eigenvalue weighted by molar-refractivity contribution is 0.0342. The second kappa shape index (κ2) is 8.67. The van der Waals surface area contributed by atoms with Crippen molar-refractivity contribution in [3.05, 3.63) is 93.0 Å². The van der Waals surface area contributed by atoms with Gasteiger partial charge in [0.15, 0.2) is 5.69 Å². The predicted molar refractivity (Wildman–Crippen MR) is 131 cm³/mol. The molecule has 0 aliphatic heterocycles. The van der Waals surface area contributed by atoms with Crippen molar-refractivity contribution in [1.29, 1.82) is 0 Å². The average molecular weight is 493 g/mol. The number of H-pyrrole nitrogens is 1. The minimum atomic E-state index is -1.37. The van der Waals surface area contributed by atoms with Crippen LogP contribution in [-0.2, 0) is 0 Å². The number of hydrogen-bond donors (Lipinski definition) is 3. The van der Waals surface area contributed by atoms with Crippen molar-refractivity contribution in [1.82, 2.24) is 19.9 Å². The van der Waals surface area contributed by atoms with Gasteiger partial charge in [0.1, 0.15) is 17.2 Å². The van der Waals surface area contributed by atoms with Crippen LogP contribution >= 0.6 is 0 Å². The van der Waals surface area contributed by atoms with Gasteiger partial charge in [-0.05, 0) is 68.9 Å². The number of fused-ring (bicyclic) bond motifs is 1. The van der Waals surface area contributed by atoms with Gasteiger partial charge in [-0.2, -0.15) is 5.10 Å². The first-order chi connectivity index (χ1) is 17.0. The first kappa shape index (κ1) is 23.9. The Morgan fingerprint density at radius 2 is 1.89 bits per heavy atom. The van der Waals surface area contributed by atoms with Crippen molar-refractivity contribution in [2.75, 3.05) is 0 Å². The standard InChI is InChI=1S/C27H26F2N4O3/c1-14-4-5-17(12-19(14)29)20-13-33-23(26(35)30-20)21(15-6-7-15)22(32-33)25(34)31-24(27(2,3)36)16-8-10-18(28)11-9-16/h4-5,8-13,15,24,36H,6-7H2,1-3H3,(H,30,35)(H,31,34)/t24-/m0/s1. The summed E-state index contributed by atoms with van der Waals surface area (Å²) in [5, 5.41) is 18.0. The fourth-order valence-corrected chi connectivity index (χ4v) is 4.46. The van der Waals surface area contributed by atoms with Crippen LogP contribution in [0.25, 0.3) is 16.8 Å². The zero-order valence-corrected chi connectivity index (χ0v) is 20.1. The van der Waals surface area contributed by atoms with Gasteiger partial charge in [-0.3, -0.25) is 9.59 Å². The molecule has 0 unspecified atom stereocenters. The molecule has 1 aliphatic carbocycles. The number of carbonyl (C=O) groups is 1. The Hall–Kier alpha value is -3.85. The Balaban J connectivity index is 1.58. The molecule has 7 nitrogen and oxygen atoms in total. The first-order valence-corrected chi connectivity index (χ1v) is 11.7. The molecule has 9 heteroatoms. The molecule has 0 spiro atoms. The third-order valence-corrected chi connectivity index (χ3v) is 6.53. The molecule has 3 N–H and O–H groups in total. The molecule has 186 valence electrons. The summed E-state index contributed by atoms with van der Waals surface area (Å²) < 4.78 is 29.0. The predicted octanol–water partition coefficient (Wildman–Crippen LogP) is 4.40. The molecule has 4 aromatic rings. The number of rotatable bonds is 6. The number of nitrogens with zero attached hydrogens (tertiary/aromatic N) is 2. The first-order valence-electron chi connectivity index (χ1n) is 11.7. The fraction of sp³-hybridized carbons (Fsp3) is 0.296. The highest BCUT2D eigenvalue weighted by Gasteiger charge is 2.37. The zero-order valence-electron chi connectivity index (χ0n) is 20.1. The highest BCUT2D eigenvalue weighted by atomic mass is 19.1. The van der Waals surface area contributed by atoms with E-state index in [1.54, 1.807) is 39.1 Å². The van der Waals surface area contributed by atoms with E-state index in [0.717, 1.165) is 12.8 Å². The van der Waals surface area contributed by atoms with Gasteiger partial charge in [0.05, 0.1) is 23.5 Å². The highest BCUT2D eigenvalue weighted by Crippen LogP contribution is 2.43. The van der Waals surface area contributed by atoms with E-state index in [2.05, 4.69) is 15.4 Å². The second-order valence-corrected chi connectivity index (χ2v) is 9.90. The van der Waals surface area contributed by atoms with Gasteiger partial charge in [0.2, 0.25) is 0 Å². The third kappa shape index (κ3) is 4.42. The van der Waals surface area contributed by atoms with E-state index in [4.69, 9.17) is 0 Å². The number of aromatic amines is 1. The number of amides is 1. The lowest BCUT2D eigenvalue weighted by Crippen LogP contribution is -2.42. The Labute approximate surface area is 205 Å². The summed E-state index contributed by atoms with van der Waals surface area (Å²) in [5.41, 5.74) is 0.950. The number of aromatic nitrogens is 3. The van der Waals surface area contributed by atoms with Crippen LogP contribution in [0.1, 0.15) is 65.8 Å². The van der Waals surface area contributed by atoms with Crippen LogP contribution in [0.4, 0.5) is 8.78 Å². The molecule has 1 saturated carbocycles. The number of benzene rings is 2. The second-order valence-electron chi connectivity index (χ2n) is 9.90. The van der Waals surface area contributed by atoms with Crippen LogP contribution in [0.5, 0.6) is 0 Å². The van der Waals surface area contributed by atoms with Crippen LogP contribution < -0.4 is 10.9 Å². The molecule has 0 radical (unpaired) electrons. The number of carbonyl (C=O) groups excluding carboxylic acids is 1. The molecular weight excluding hydrogens is 466 g/mol. The van der Waals surface area contributed by atoms with Crippen molar-refractivity contribution < 1.29 is 18.7 Å². The average Bonchev–Trinajstić information content (AvgIpc) is 3.58. The van der Waals surface area contributed by atoms with Crippen LogP contribution in [-0.4, -0.2) is 31.2 Å². The number of hydrogen-bond acceptors (Lipinski definition) is 4. The van der Waals surface area contributed by atoms with Crippen molar-refractivity contribution in [3.63, 3.8) is 0 Å². The molecule has 36 heavy (non-hydrogen) atoms. The van der Waals surface area contributed by atoms with Gasteiger partial charge >= 0.3 is 0 Å². The maximum Gasteiger partial charge on any atom is 0.274 e. The maximum absolute atomic E-state index is 14.1. The Morgan fingerprint density at radius 1 is 1.19 bits per heavy atom. The Bertz CT molecular complexity index is 1530. The largest absolute Gasteiger partial charge is 0.388 e. The lowest BCUT2D eigenvalue weighted by atomic mass is 9.91. The van der Waals surface area contributed by atoms with Gasteiger partial charge in [0, 0.05) is 11.1 Å². The SMILES string of the molecule is Cc1ccc(-c2cn3nc(C(=O)N[C@@H](c4ccc(F)cc4)C(C)(C)O)c(C4CC4)c3c(=O)[nH]2)cc1F. The molecule has 0 saturated heterocycles. The molecule has 2 heterocycles. The molecule has 1 fully saturated rings. The monoisotopic (exact) mass is 492 g/mol. The summed E-state index contributed by atoms with van der Waals surface area (Å²) in [6.45, 7) is 4.74. The van der Waals surface area contributed by atoms with Gasteiger partial charge < -0.3 is 15.4 Å². The van der Waals surface area contributed by atoms with E-state index in [1.807, 2.05) is 0 Å². The molecule has 0 bridgehead atoms. The van der Waals surface area contributed by atoms with E-state index in [9.17, 15) is 23.5 Å². The minimum Gasteiger partial charge on any atom is -0.388 e. The van der Waals surface area contributed by atoms with Gasteiger partial charge in [-0.25, -0.2) is 13.3 Å². The molecule has 5 rings (SSSR count). The molecule has 1 atom stereocenters. The number of halogens is 2. The topological polar surface area (TPSA) is 99.5 Å². The number of nitrogens with one attached hydrogen (secondary N) is 2. The molecule has 2 aromatic carbocycles. The summed E-state index contributed by atoms with van der Waals surface area (Å²) in [6, 6.07) is 9.32. The molecule has 1 amide bonds. The van der Waals surface area contributed by atoms with E-state index in [0.29, 0.717) is 27.9 Å². The Morgan fingerprint density at radius 3 is 2.50 bits per heavy atom. The van der Waals surface area contributed by atoms with Crippen molar-refractivity contribution >= 4 is 11.4 Å². The van der Waals surface area contributed by atoms with Crippen LogP contribution in [0, 0.1) is 18.6 Å². The maximum atomic E-state index is 14.1. The van der Waals surface area contributed by atoms with E-state index in [1.165, 1.54) is 34.8 Å². The smallest absolute Gasteiger partial charge is 0.274 e. The van der Waals surface area contributed by atoms with Gasteiger partial charge in [-0.1, -0.05) is 24.3 Å². The van der Waals surface area contributed by atoms with Crippen molar-refractivity contribution in [2.24, 2.45) is 0 Å². The third-order valence-electron chi connectivity index (χ3n) is 6.53. The van der Waals surface area contributed by atoms with Gasteiger partial charge in [0.25, 0.3) is 11.5 Å². The Kier molecular flexibility index (Phi) is 5.75. The summed E-state index contributed by atoms with van der Waals surface area (Å²) in [4.78, 5) is 29.4. The lowest BCUT2D eigenvalue weighted by Gasteiger charge is -2.30. The van der Waals surface area contributed by atoms with Crippen LogP contribution in [0.2, 0.25) is 0 Å².